The molecular formula is C12H14NO-. The summed E-state index contributed by atoms with van der Waals surface area (Å²) in [6, 6.07) is 5.90. The van der Waals surface area contributed by atoms with Gasteiger partial charge in [0.05, 0.1) is 0 Å². The second kappa shape index (κ2) is 2.85. The van der Waals surface area contributed by atoms with E-state index >= 15 is 0 Å². The van der Waals surface area contributed by atoms with Crippen LogP contribution < -0.4 is 5.06 Å². The van der Waals surface area contributed by atoms with Crippen LogP contribution in [0.1, 0.15) is 25.0 Å². The van der Waals surface area contributed by atoms with Gasteiger partial charge in [-0.25, -0.2) is 0 Å². The van der Waals surface area contributed by atoms with E-state index in [1.54, 1.807) is 0 Å². The Balaban J connectivity index is 2.55. The van der Waals surface area contributed by atoms with Crippen molar-refractivity contribution in [2.75, 3.05) is 5.06 Å². The van der Waals surface area contributed by atoms with Gasteiger partial charge in [-0.2, -0.15) is 0 Å². The maximum Gasteiger partial charge on any atom is 0.0421 e. The Morgan fingerprint density at radius 3 is 2.71 bits per heavy atom. The molecule has 1 aliphatic rings. The Bertz CT molecular complexity index is 393. The van der Waals surface area contributed by atoms with Crippen LogP contribution in [-0.2, 0) is 0 Å². The van der Waals surface area contributed by atoms with Crippen LogP contribution in [0.15, 0.2) is 24.3 Å². The van der Waals surface area contributed by atoms with Gasteiger partial charge >= 0.3 is 0 Å². The van der Waals surface area contributed by atoms with Crippen LogP contribution in [0.3, 0.4) is 0 Å². The molecule has 0 N–H and O–H groups in total. The molecule has 2 heteroatoms. The highest BCUT2D eigenvalue weighted by Crippen LogP contribution is 2.33. The van der Waals surface area contributed by atoms with E-state index < -0.39 is 5.54 Å². The van der Waals surface area contributed by atoms with Crippen LogP contribution in [0, 0.1) is 12.1 Å². The zero-order chi connectivity index (χ0) is 10.3. The topological polar surface area (TPSA) is 26.3 Å². The summed E-state index contributed by atoms with van der Waals surface area (Å²) in [7, 11) is 0. The molecule has 0 bridgehead atoms. The Morgan fingerprint density at radius 1 is 1.29 bits per heavy atom. The second-order valence-corrected chi connectivity index (χ2v) is 4.34. The average molecular weight is 188 g/mol. The highest BCUT2D eigenvalue weighted by molar-refractivity contribution is 5.74. The fourth-order valence-electron chi connectivity index (χ4n) is 1.66. The quantitative estimate of drug-likeness (QED) is 0.625. The summed E-state index contributed by atoms with van der Waals surface area (Å²) in [6.45, 7) is 5.86. The highest BCUT2D eigenvalue weighted by atomic mass is 16.5. The number of fused-ring (bicyclic) bond motifs is 1. The van der Waals surface area contributed by atoms with E-state index in [0.717, 1.165) is 16.3 Å². The molecule has 2 nitrogen and oxygen atoms in total. The molecule has 0 spiro atoms. The van der Waals surface area contributed by atoms with E-state index in [2.05, 4.69) is 0 Å². The molecule has 0 saturated heterocycles. The molecule has 1 aromatic rings. The van der Waals surface area contributed by atoms with Gasteiger partial charge in [0.1, 0.15) is 0 Å². The molecule has 1 aromatic carbocycles. The molecule has 14 heavy (non-hydrogen) atoms. The highest BCUT2D eigenvalue weighted by Gasteiger charge is 2.21. The zero-order valence-electron chi connectivity index (χ0n) is 8.74. The van der Waals surface area contributed by atoms with Gasteiger partial charge in [-0.1, -0.05) is 23.8 Å². The number of hydrogen-bond acceptors (Lipinski definition) is 2. The van der Waals surface area contributed by atoms with Crippen molar-refractivity contribution in [3.63, 3.8) is 0 Å². The Morgan fingerprint density at radius 2 is 2.00 bits per heavy atom. The molecule has 1 heterocycles. The molecule has 0 saturated carbocycles. The molecule has 0 atom stereocenters. The minimum atomic E-state index is -0.428. The number of benzene rings is 1. The lowest BCUT2D eigenvalue weighted by Crippen LogP contribution is -2.39. The molecule has 0 amide bonds. The van der Waals surface area contributed by atoms with Crippen LogP contribution in [0.5, 0.6) is 0 Å². The second-order valence-electron chi connectivity index (χ2n) is 4.34. The first-order valence-corrected chi connectivity index (χ1v) is 4.78. The molecule has 2 rings (SSSR count). The minimum Gasteiger partial charge on any atom is -0.758 e. The van der Waals surface area contributed by atoms with Crippen molar-refractivity contribution >= 4 is 11.8 Å². The number of anilines is 1. The largest absolute Gasteiger partial charge is 0.758 e. The lowest BCUT2D eigenvalue weighted by molar-refractivity contribution is 0.621. The summed E-state index contributed by atoms with van der Waals surface area (Å²) >= 11 is 0. The number of nitrogens with zero attached hydrogens (tertiary/aromatic N) is 1. The standard InChI is InChI=1S/C12H14NO/c1-9-4-5-11-10(8-9)6-7-12(2,3)13(11)14/h4-8H,1-3H3/q-1. The first-order valence-electron chi connectivity index (χ1n) is 4.78. The van der Waals surface area contributed by atoms with Crippen LogP contribution in [0.4, 0.5) is 5.69 Å². The van der Waals surface area contributed by atoms with E-state index in [1.165, 1.54) is 5.56 Å². The van der Waals surface area contributed by atoms with Gasteiger partial charge in [0.15, 0.2) is 0 Å². The van der Waals surface area contributed by atoms with Crippen molar-refractivity contribution in [3.8, 4) is 0 Å². The number of rotatable bonds is 0. The van der Waals surface area contributed by atoms with E-state index in [4.69, 9.17) is 0 Å². The van der Waals surface area contributed by atoms with Crippen molar-refractivity contribution in [3.05, 3.63) is 40.6 Å². The first-order chi connectivity index (χ1) is 6.50. The van der Waals surface area contributed by atoms with Crippen molar-refractivity contribution in [1.29, 1.82) is 0 Å². The number of hydroxylamine groups is 1. The smallest absolute Gasteiger partial charge is 0.0421 e. The Kier molecular flexibility index (Phi) is 1.89. The molecule has 74 valence electrons. The predicted octanol–water partition coefficient (Wildman–Crippen LogP) is 3.10. The van der Waals surface area contributed by atoms with Gasteiger partial charge in [0, 0.05) is 11.2 Å². The Labute approximate surface area is 84.4 Å². The predicted molar refractivity (Wildman–Crippen MR) is 60.1 cm³/mol. The fourth-order valence-corrected chi connectivity index (χ4v) is 1.66. The van der Waals surface area contributed by atoms with E-state index in [1.807, 2.05) is 51.1 Å². The molecule has 0 radical (unpaired) electrons. The fraction of sp³-hybridized carbons (Fsp3) is 0.333. The number of aryl methyl sites for hydroxylation is 1. The molecule has 0 aromatic heterocycles. The van der Waals surface area contributed by atoms with Crippen LogP contribution >= 0.6 is 0 Å². The van der Waals surface area contributed by atoms with E-state index in [0.29, 0.717) is 0 Å². The minimum absolute atomic E-state index is 0.428. The van der Waals surface area contributed by atoms with Crippen LogP contribution in [0.25, 0.3) is 6.08 Å². The molecule has 0 fully saturated rings. The lowest BCUT2D eigenvalue weighted by atomic mass is 9.95. The van der Waals surface area contributed by atoms with Crippen molar-refractivity contribution in [2.45, 2.75) is 26.3 Å². The third kappa shape index (κ3) is 1.32. The monoisotopic (exact) mass is 188 g/mol. The Hall–Kier alpha value is -1.28. The van der Waals surface area contributed by atoms with Crippen molar-refractivity contribution < 1.29 is 0 Å². The first kappa shape index (κ1) is 9.28. The normalized spacial score (nSPS) is 18.1. The zero-order valence-corrected chi connectivity index (χ0v) is 8.74. The van der Waals surface area contributed by atoms with Crippen molar-refractivity contribution in [2.24, 2.45) is 0 Å². The van der Waals surface area contributed by atoms with Gasteiger partial charge in [-0.15, -0.1) is 0 Å². The molecule has 0 aliphatic carbocycles. The maximum atomic E-state index is 11.9. The molecule has 0 unspecified atom stereocenters. The molecule has 1 aliphatic heterocycles. The van der Waals surface area contributed by atoms with Gasteiger partial charge in [-0.05, 0) is 38.5 Å². The number of hydrogen-bond donors (Lipinski definition) is 0. The summed E-state index contributed by atoms with van der Waals surface area (Å²) in [4.78, 5) is 0. The summed E-state index contributed by atoms with van der Waals surface area (Å²) in [5.74, 6) is 0. The van der Waals surface area contributed by atoms with E-state index in [9.17, 15) is 5.21 Å². The summed E-state index contributed by atoms with van der Waals surface area (Å²) < 4.78 is 0. The maximum absolute atomic E-state index is 11.9. The van der Waals surface area contributed by atoms with Crippen molar-refractivity contribution in [1.82, 2.24) is 0 Å². The van der Waals surface area contributed by atoms with Gasteiger partial charge in [0.2, 0.25) is 0 Å². The van der Waals surface area contributed by atoms with Crippen LogP contribution in [0.2, 0.25) is 0 Å². The summed E-state index contributed by atoms with van der Waals surface area (Å²) in [6.07, 6.45) is 3.97. The van der Waals surface area contributed by atoms with Gasteiger partial charge in [-0.3, -0.25) is 0 Å². The summed E-state index contributed by atoms with van der Waals surface area (Å²) in [5, 5.41) is 13.0. The van der Waals surface area contributed by atoms with E-state index in [-0.39, 0.29) is 0 Å². The van der Waals surface area contributed by atoms with Gasteiger partial charge < -0.3 is 10.3 Å². The third-order valence-corrected chi connectivity index (χ3v) is 2.60. The third-order valence-electron chi connectivity index (χ3n) is 2.60. The van der Waals surface area contributed by atoms with Crippen LogP contribution in [-0.4, -0.2) is 5.54 Å². The SMILES string of the molecule is Cc1ccc2c(c1)C=CC(C)(C)N2[O-]. The lowest BCUT2D eigenvalue weighted by Gasteiger charge is -2.47. The molecular weight excluding hydrogens is 174 g/mol. The van der Waals surface area contributed by atoms with Gasteiger partial charge in [0.25, 0.3) is 0 Å². The summed E-state index contributed by atoms with van der Waals surface area (Å²) in [5.41, 5.74) is 2.53. The average Bonchev–Trinajstić information content (AvgIpc) is 2.12.